The van der Waals surface area contributed by atoms with E-state index in [2.05, 4.69) is 19.4 Å². The fourth-order valence-corrected chi connectivity index (χ4v) is 0.729. The number of hydrogen-bond acceptors (Lipinski definition) is 5. The summed E-state index contributed by atoms with van der Waals surface area (Å²) in [4.78, 5) is 6.89. The number of hydrogen-bond donors (Lipinski definition) is 0. The molecule has 0 aliphatic carbocycles. The molecular weight excluding hydrogens is 177 g/mol. The van der Waals surface area contributed by atoms with E-state index in [-0.39, 0.29) is 17.5 Å². The third kappa shape index (κ3) is 1.64. The Labute approximate surface area is 73.8 Å². The maximum absolute atomic E-state index is 13.0. The van der Waals surface area contributed by atoms with Gasteiger partial charge in [-0.3, -0.25) is 0 Å². The van der Waals surface area contributed by atoms with Gasteiger partial charge in [0.2, 0.25) is 11.8 Å². The van der Waals surface area contributed by atoms with Crippen LogP contribution in [0.4, 0.5) is 4.39 Å². The standard InChI is InChI=1S/C7H6FN3O2/c1-12-6-4(3-9)5(8)10-7(11-6)13-2/h1-2H3. The molecule has 68 valence electrons. The molecule has 13 heavy (non-hydrogen) atoms. The number of rotatable bonds is 2. The summed E-state index contributed by atoms with van der Waals surface area (Å²) >= 11 is 0. The number of nitriles is 1. The summed E-state index contributed by atoms with van der Waals surface area (Å²) in [5, 5.41) is 8.50. The Kier molecular flexibility index (Phi) is 2.59. The highest BCUT2D eigenvalue weighted by molar-refractivity contribution is 5.37. The molecule has 0 aliphatic heterocycles. The topological polar surface area (TPSA) is 68.0 Å². The van der Waals surface area contributed by atoms with Crippen molar-refractivity contribution in [3.8, 4) is 18.0 Å². The number of aromatic nitrogens is 2. The summed E-state index contributed by atoms with van der Waals surface area (Å²) in [6.45, 7) is 0. The first-order valence-corrected chi connectivity index (χ1v) is 3.28. The lowest BCUT2D eigenvalue weighted by Crippen LogP contribution is -2.01. The predicted molar refractivity (Wildman–Crippen MR) is 39.8 cm³/mol. The molecular formula is C7H6FN3O2. The molecule has 0 radical (unpaired) electrons. The number of nitrogens with zero attached hydrogens (tertiary/aromatic N) is 3. The summed E-state index contributed by atoms with van der Waals surface area (Å²) < 4.78 is 22.2. The highest BCUT2D eigenvalue weighted by Crippen LogP contribution is 2.18. The Balaban J connectivity index is 3.31. The van der Waals surface area contributed by atoms with Crippen molar-refractivity contribution in [2.24, 2.45) is 0 Å². The smallest absolute Gasteiger partial charge is 0.322 e. The largest absolute Gasteiger partial charge is 0.480 e. The van der Waals surface area contributed by atoms with Gasteiger partial charge in [-0.15, -0.1) is 0 Å². The molecule has 1 heterocycles. The minimum absolute atomic E-state index is 0.133. The van der Waals surface area contributed by atoms with E-state index in [9.17, 15) is 4.39 Å². The molecule has 5 nitrogen and oxygen atoms in total. The minimum Gasteiger partial charge on any atom is -0.480 e. The molecule has 0 fully saturated rings. The molecule has 0 aliphatic rings. The van der Waals surface area contributed by atoms with Crippen molar-refractivity contribution in [3.05, 3.63) is 11.5 Å². The van der Waals surface area contributed by atoms with Crippen molar-refractivity contribution >= 4 is 0 Å². The molecule has 0 aromatic carbocycles. The van der Waals surface area contributed by atoms with E-state index < -0.39 is 5.95 Å². The van der Waals surface area contributed by atoms with Crippen molar-refractivity contribution in [1.82, 2.24) is 9.97 Å². The van der Waals surface area contributed by atoms with Crippen LogP contribution in [0.3, 0.4) is 0 Å². The fourth-order valence-electron chi connectivity index (χ4n) is 0.729. The van der Waals surface area contributed by atoms with E-state index in [4.69, 9.17) is 5.26 Å². The van der Waals surface area contributed by atoms with Crippen LogP contribution in [-0.4, -0.2) is 24.2 Å². The highest BCUT2D eigenvalue weighted by atomic mass is 19.1. The van der Waals surface area contributed by atoms with Crippen molar-refractivity contribution in [3.63, 3.8) is 0 Å². The Morgan fingerprint density at radius 2 is 2.00 bits per heavy atom. The molecule has 1 rings (SSSR count). The average molecular weight is 183 g/mol. The Morgan fingerprint density at radius 3 is 2.46 bits per heavy atom. The predicted octanol–water partition coefficient (Wildman–Crippen LogP) is 0.505. The van der Waals surface area contributed by atoms with Gasteiger partial charge in [-0.1, -0.05) is 0 Å². The van der Waals surface area contributed by atoms with Crippen LogP contribution < -0.4 is 9.47 Å². The van der Waals surface area contributed by atoms with Crippen LogP contribution in [0.25, 0.3) is 0 Å². The Bertz CT molecular complexity index is 361. The molecule has 0 atom stereocenters. The third-order valence-corrected chi connectivity index (χ3v) is 1.30. The van der Waals surface area contributed by atoms with Crippen molar-refractivity contribution in [1.29, 1.82) is 5.26 Å². The maximum atomic E-state index is 13.0. The van der Waals surface area contributed by atoms with Crippen molar-refractivity contribution in [2.45, 2.75) is 0 Å². The highest BCUT2D eigenvalue weighted by Gasteiger charge is 2.14. The van der Waals surface area contributed by atoms with Crippen molar-refractivity contribution < 1.29 is 13.9 Å². The molecule has 0 spiro atoms. The second kappa shape index (κ2) is 3.67. The molecule has 1 aromatic rings. The summed E-state index contributed by atoms with van der Waals surface area (Å²) in [7, 11) is 2.57. The van der Waals surface area contributed by atoms with Crippen LogP contribution in [0.2, 0.25) is 0 Å². The number of methoxy groups -OCH3 is 2. The summed E-state index contributed by atoms with van der Waals surface area (Å²) in [6, 6.07) is 1.41. The minimum atomic E-state index is -0.953. The zero-order valence-corrected chi connectivity index (χ0v) is 7.04. The van der Waals surface area contributed by atoms with Gasteiger partial charge in [0.25, 0.3) is 0 Å². The molecule has 0 saturated carbocycles. The van der Waals surface area contributed by atoms with E-state index in [0.29, 0.717) is 0 Å². The van der Waals surface area contributed by atoms with E-state index >= 15 is 0 Å². The fraction of sp³-hybridized carbons (Fsp3) is 0.286. The van der Waals surface area contributed by atoms with Gasteiger partial charge in [0, 0.05) is 0 Å². The van der Waals surface area contributed by atoms with Gasteiger partial charge in [-0.25, -0.2) is 0 Å². The third-order valence-electron chi connectivity index (χ3n) is 1.30. The normalized spacial score (nSPS) is 9.08. The zero-order valence-electron chi connectivity index (χ0n) is 7.04. The lowest BCUT2D eigenvalue weighted by molar-refractivity contribution is 0.339. The first-order valence-electron chi connectivity index (χ1n) is 3.28. The SMILES string of the molecule is COc1nc(F)c(C#N)c(OC)n1. The van der Waals surface area contributed by atoms with Crippen LogP contribution in [0.5, 0.6) is 11.9 Å². The number of ether oxygens (including phenoxy) is 2. The van der Waals surface area contributed by atoms with Crippen LogP contribution >= 0.6 is 0 Å². The van der Waals surface area contributed by atoms with Gasteiger partial charge in [0.05, 0.1) is 14.2 Å². The van der Waals surface area contributed by atoms with Crippen LogP contribution in [-0.2, 0) is 0 Å². The average Bonchev–Trinajstić information content (AvgIpc) is 2.16. The maximum Gasteiger partial charge on any atom is 0.322 e. The second-order valence-electron chi connectivity index (χ2n) is 2.00. The van der Waals surface area contributed by atoms with Gasteiger partial charge in [-0.05, 0) is 0 Å². The molecule has 1 aromatic heterocycles. The van der Waals surface area contributed by atoms with Crippen molar-refractivity contribution in [2.75, 3.05) is 14.2 Å². The molecule has 0 bridgehead atoms. The first-order chi connectivity index (χ1) is 6.22. The number of halogens is 1. The lowest BCUT2D eigenvalue weighted by Gasteiger charge is -2.03. The molecule has 0 N–H and O–H groups in total. The zero-order chi connectivity index (χ0) is 9.84. The molecule has 0 saturated heterocycles. The summed E-state index contributed by atoms with van der Waals surface area (Å²) in [6.07, 6.45) is 0. The quantitative estimate of drug-likeness (QED) is 0.624. The van der Waals surface area contributed by atoms with Crippen LogP contribution in [0, 0.1) is 17.3 Å². The second-order valence-corrected chi connectivity index (χ2v) is 2.00. The Morgan fingerprint density at radius 1 is 1.31 bits per heavy atom. The van der Waals surface area contributed by atoms with E-state index in [0.717, 1.165) is 0 Å². The molecule has 0 amide bonds. The summed E-state index contributed by atoms with van der Waals surface area (Å²) in [5.41, 5.74) is -0.330. The first kappa shape index (κ1) is 9.19. The molecule has 6 heteroatoms. The summed E-state index contributed by atoms with van der Waals surface area (Å²) in [5.74, 6) is -1.09. The van der Waals surface area contributed by atoms with E-state index in [1.807, 2.05) is 0 Å². The van der Waals surface area contributed by atoms with Gasteiger partial charge in [-0.2, -0.15) is 19.6 Å². The van der Waals surface area contributed by atoms with Gasteiger partial charge in [0.1, 0.15) is 6.07 Å². The van der Waals surface area contributed by atoms with Gasteiger partial charge in [0.15, 0.2) is 5.56 Å². The van der Waals surface area contributed by atoms with Gasteiger partial charge >= 0.3 is 6.01 Å². The van der Waals surface area contributed by atoms with Crippen LogP contribution in [0.1, 0.15) is 5.56 Å². The van der Waals surface area contributed by atoms with E-state index in [1.54, 1.807) is 6.07 Å². The lowest BCUT2D eigenvalue weighted by atomic mass is 10.3. The monoisotopic (exact) mass is 183 g/mol. The molecule has 0 unspecified atom stereocenters. The van der Waals surface area contributed by atoms with Crippen LogP contribution in [0.15, 0.2) is 0 Å². The Hall–Kier alpha value is -1.90. The van der Waals surface area contributed by atoms with E-state index in [1.165, 1.54) is 14.2 Å². The van der Waals surface area contributed by atoms with Gasteiger partial charge < -0.3 is 9.47 Å².